The van der Waals surface area contributed by atoms with Crippen LogP contribution in [0.4, 0.5) is 5.00 Å². The minimum atomic E-state index is 0.283. The van der Waals surface area contributed by atoms with Gasteiger partial charge in [-0.1, -0.05) is 32.2 Å². The maximum Gasteiger partial charge on any atom is 0.134 e. The van der Waals surface area contributed by atoms with Gasteiger partial charge in [-0.05, 0) is 6.42 Å². The second-order valence-corrected chi connectivity index (χ2v) is 6.93. The van der Waals surface area contributed by atoms with Crippen LogP contribution in [0.3, 0.4) is 0 Å². The van der Waals surface area contributed by atoms with Gasteiger partial charge in [0.25, 0.3) is 0 Å². The third kappa shape index (κ3) is 4.84. The summed E-state index contributed by atoms with van der Waals surface area (Å²) in [5, 5.41) is 8.65. The quantitative estimate of drug-likeness (QED) is 0.863. The van der Waals surface area contributed by atoms with Crippen molar-refractivity contribution in [2.24, 2.45) is 0 Å². The summed E-state index contributed by atoms with van der Waals surface area (Å²) in [6.07, 6.45) is 1.13. The van der Waals surface area contributed by atoms with E-state index in [1.54, 1.807) is 0 Å². The highest BCUT2D eigenvalue weighted by Crippen LogP contribution is 2.30. The largest absolute Gasteiger partial charge is 0.374 e. The Morgan fingerprint density at radius 1 is 1.40 bits per heavy atom. The van der Waals surface area contributed by atoms with Crippen molar-refractivity contribution in [1.82, 2.24) is 9.59 Å². The standard InChI is InChI=1S/C10H19N3S2/c1-5-6-11-9-8(12-13-15-9)7-14-10(2,3)4/h11H,5-7H2,1-4H3. The van der Waals surface area contributed by atoms with Crippen LogP contribution in [-0.2, 0) is 5.75 Å². The van der Waals surface area contributed by atoms with Crippen LogP contribution >= 0.6 is 23.3 Å². The fourth-order valence-electron chi connectivity index (χ4n) is 0.961. The lowest BCUT2D eigenvalue weighted by molar-refractivity contribution is 0.801. The topological polar surface area (TPSA) is 37.8 Å². The fraction of sp³-hybridized carbons (Fsp3) is 0.800. The zero-order valence-electron chi connectivity index (χ0n) is 9.83. The molecule has 0 aliphatic heterocycles. The summed E-state index contributed by atoms with van der Waals surface area (Å²) < 4.78 is 4.27. The summed E-state index contributed by atoms with van der Waals surface area (Å²) in [5.41, 5.74) is 1.09. The molecule has 0 fully saturated rings. The van der Waals surface area contributed by atoms with Crippen LogP contribution < -0.4 is 5.32 Å². The lowest BCUT2D eigenvalue weighted by Crippen LogP contribution is -2.08. The Balaban J connectivity index is 2.50. The Morgan fingerprint density at radius 3 is 2.73 bits per heavy atom. The molecule has 0 aliphatic rings. The molecule has 0 amide bonds. The molecule has 0 saturated heterocycles. The maximum atomic E-state index is 4.16. The molecule has 0 radical (unpaired) electrons. The molecule has 1 aromatic heterocycles. The Bertz CT molecular complexity index is 291. The molecule has 3 nitrogen and oxygen atoms in total. The van der Waals surface area contributed by atoms with Crippen molar-refractivity contribution < 1.29 is 0 Å². The van der Waals surface area contributed by atoms with E-state index in [2.05, 4.69) is 42.6 Å². The van der Waals surface area contributed by atoms with Crippen molar-refractivity contribution in [3.63, 3.8) is 0 Å². The van der Waals surface area contributed by atoms with Crippen LogP contribution in [0.1, 0.15) is 39.8 Å². The van der Waals surface area contributed by atoms with Gasteiger partial charge in [0, 0.05) is 28.6 Å². The summed E-state index contributed by atoms with van der Waals surface area (Å²) in [6, 6.07) is 0. The van der Waals surface area contributed by atoms with Gasteiger partial charge < -0.3 is 5.32 Å². The fourth-order valence-corrected chi connectivity index (χ4v) is 2.43. The Morgan fingerprint density at radius 2 is 2.13 bits per heavy atom. The molecule has 5 heteroatoms. The van der Waals surface area contributed by atoms with Crippen LogP contribution in [0.25, 0.3) is 0 Å². The molecule has 0 bridgehead atoms. The van der Waals surface area contributed by atoms with Crippen LogP contribution in [0.5, 0.6) is 0 Å². The number of hydrogen-bond acceptors (Lipinski definition) is 5. The van der Waals surface area contributed by atoms with Crippen molar-refractivity contribution in [1.29, 1.82) is 0 Å². The number of anilines is 1. The molecule has 0 aromatic carbocycles. The summed E-state index contributed by atoms with van der Waals surface area (Å²) >= 11 is 3.36. The number of nitrogens with one attached hydrogen (secondary N) is 1. The van der Waals surface area contributed by atoms with Crippen molar-refractivity contribution >= 4 is 28.3 Å². The highest BCUT2D eigenvalue weighted by Gasteiger charge is 2.14. The SMILES string of the molecule is CCCNc1snnc1CSC(C)(C)C. The van der Waals surface area contributed by atoms with E-state index in [1.165, 1.54) is 11.5 Å². The zero-order chi connectivity index (χ0) is 11.3. The van der Waals surface area contributed by atoms with E-state index >= 15 is 0 Å². The second kappa shape index (κ2) is 5.70. The third-order valence-corrected chi connectivity index (χ3v) is 3.74. The number of thioether (sulfide) groups is 1. The Kier molecular flexibility index (Phi) is 4.86. The Hall–Kier alpha value is -0.290. The highest BCUT2D eigenvalue weighted by molar-refractivity contribution is 7.99. The van der Waals surface area contributed by atoms with Gasteiger partial charge in [-0.25, -0.2) is 0 Å². The smallest absolute Gasteiger partial charge is 0.134 e. The third-order valence-electron chi connectivity index (χ3n) is 1.73. The maximum absolute atomic E-state index is 4.16. The summed E-state index contributed by atoms with van der Waals surface area (Å²) in [6.45, 7) is 9.81. The molecular weight excluding hydrogens is 226 g/mol. The molecular formula is C10H19N3S2. The van der Waals surface area contributed by atoms with Crippen molar-refractivity contribution in [2.45, 2.75) is 44.6 Å². The van der Waals surface area contributed by atoms with E-state index in [-0.39, 0.29) is 4.75 Å². The first-order valence-corrected chi connectivity index (χ1v) is 6.98. The summed E-state index contributed by atoms with van der Waals surface area (Å²) in [5.74, 6) is 0.937. The highest BCUT2D eigenvalue weighted by atomic mass is 32.2. The first-order valence-electron chi connectivity index (χ1n) is 5.22. The molecule has 0 aliphatic carbocycles. The molecule has 0 atom stereocenters. The van der Waals surface area contributed by atoms with Crippen molar-refractivity contribution in [3.8, 4) is 0 Å². The van der Waals surface area contributed by atoms with Gasteiger partial charge >= 0.3 is 0 Å². The van der Waals surface area contributed by atoms with Crippen LogP contribution in [0.15, 0.2) is 0 Å². The zero-order valence-corrected chi connectivity index (χ0v) is 11.5. The van der Waals surface area contributed by atoms with Gasteiger partial charge in [0.1, 0.15) is 10.7 Å². The molecule has 0 saturated carbocycles. The van der Waals surface area contributed by atoms with Crippen molar-refractivity contribution in [3.05, 3.63) is 5.69 Å². The molecule has 0 spiro atoms. The van der Waals surface area contributed by atoms with Crippen LogP contribution in [-0.4, -0.2) is 20.9 Å². The molecule has 1 aromatic rings. The van der Waals surface area contributed by atoms with E-state index in [9.17, 15) is 0 Å². The number of rotatable bonds is 5. The normalized spacial score (nSPS) is 11.7. The lowest BCUT2D eigenvalue weighted by atomic mass is 10.3. The lowest BCUT2D eigenvalue weighted by Gasteiger charge is -2.16. The van der Waals surface area contributed by atoms with Gasteiger partial charge in [0.05, 0.1) is 0 Å². The minimum Gasteiger partial charge on any atom is -0.374 e. The molecule has 86 valence electrons. The van der Waals surface area contributed by atoms with Crippen LogP contribution in [0.2, 0.25) is 0 Å². The minimum absolute atomic E-state index is 0.283. The molecule has 1 rings (SSSR count). The average Bonchev–Trinajstić information content (AvgIpc) is 2.57. The Labute approximate surface area is 100 Å². The predicted molar refractivity (Wildman–Crippen MR) is 69.7 cm³/mol. The van der Waals surface area contributed by atoms with Crippen LogP contribution in [0, 0.1) is 0 Å². The van der Waals surface area contributed by atoms with E-state index in [0.717, 1.165) is 29.4 Å². The van der Waals surface area contributed by atoms with E-state index in [4.69, 9.17) is 0 Å². The first kappa shape index (κ1) is 12.8. The van der Waals surface area contributed by atoms with Gasteiger partial charge in [-0.3, -0.25) is 0 Å². The number of hydrogen-bond donors (Lipinski definition) is 1. The molecule has 1 heterocycles. The van der Waals surface area contributed by atoms with E-state index < -0.39 is 0 Å². The summed E-state index contributed by atoms with van der Waals surface area (Å²) in [4.78, 5) is 0. The number of nitrogens with zero attached hydrogens (tertiary/aromatic N) is 2. The summed E-state index contributed by atoms with van der Waals surface area (Å²) in [7, 11) is 0. The monoisotopic (exact) mass is 245 g/mol. The predicted octanol–water partition coefficient (Wildman–Crippen LogP) is 3.39. The molecule has 0 unspecified atom stereocenters. The van der Waals surface area contributed by atoms with Gasteiger partial charge in [0.2, 0.25) is 0 Å². The van der Waals surface area contributed by atoms with Gasteiger partial charge in [-0.15, -0.1) is 16.9 Å². The average molecular weight is 245 g/mol. The number of aromatic nitrogens is 2. The first-order chi connectivity index (χ1) is 7.03. The van der Waals surface area contributed by atoms with E-state index in [1.807, 2.05) is 11.8 Å². The second-order valence-electron chi connectivity index (χ2n) is 4.38. The van der Waals surface area contributed by atoms with Gasteiger partial charge in [0.15, 0.2) is 0 Å². The van der Waals surface area contributed by atoms with E-state index in [0.29, 0.717) is 0 Å². The molecule has 15 heavy (non-hydrogen) atoms. The molecule has 1 N–H and O–H groups in total. The van der Waals surface area contributed by atoms with Crippen molar-refractivity contribution in [2.75, 3.05) is 11.9 Å². The van der Waals surface area contributed by atoms with Gasteiger partial charge in [-0.2, -0.15) is 0 Å².